The van der Waals surface area contributed by atoms with E-state index in [1.165, 1.54) is 47.0 Å². The Morgan fingerprint density at radius 2 is 1.28 bits per heavy atom. The molecule has 18 nitrogen and oxygen atoms in total. The van der Waals surface area contributed by atoms with Crippen LogP contribution in [0.4, 0.5) is 5.69 Å². The number of nitrogens with two attached hydrogens (primary N) is 1. The average molecular weight is 755 g/mol. The Balaban J connectivity index is 2.14. The second kappa shape index (κ2) is 17.6. The van der Waals surface area contributed by atoms with Crippen molar-refractivity contribution in [2.45, 2.75) is 91.8 Å². The molecule has 294 valence electrons. The highest BCUT2D eigenvalue weighted by atomic mass is 16.3. The fourth-order valence-corrected chi connectivity index (χ4v) is 5.83. The molecule has 3 rings (SSSR count). The minimum absolute atomic E-state index is 0.0217. The van der Waals surface area contributed by atoms with Crippen molar-refractivity contribution < 1.29 is 43.4 Å². The molecule has 0 aromatic heterocycles. The lowest BCUT2D eigenvalue weighted by Gasteiger charge is -2.26. The van der Waals surface area contributed by atoms with E-state index in [0.717, 1.165) is 0 Å². The fourth-order valence-electron chi connectivity index (χ4n) is 5.83. The number of aliphatic hydroxyl groups excluding tert-OH is 2. The van der Waals surface area contributed by atoms with E-state index in [-0.39, 0.29) is 45.5 Å². The van der Waals surface area contributed by atoms with Gasteiger partial charge >= 0.3 is 0 Å². The number of aliphatic hydroxyl groups is 2. The number of benzene rings is 2. The fraction of sp³-hybridized carbons (Fsp3) is 0.500. The second-order valence-corrected chi connectivity index (χ2v) is 13.8. The van der Waals surface area contributed by atoms with E-state index in [4.69, 9.17) is 10.2 Å². The molecule has 1 aliphatic carbocycles. The third-order valence-electron chi connectivity index (χ3n) is 8.98. The molecule has 0 saturated carbocycles. The minimum Gasteiger partial charge on any atom is -0.452 e. The van der Waals surface area contributed by atoms with Crippen molar-refractivity contribution in [2.24, 2.45) is 11.8 Å². The van der Waals surface area contributed by atoms with Gasteiger partial charge in [-0.1, -0.05) is 33.8 Å². The summed E-state index contributed by atoms with van der Waals surface area (Å²) in [5.74, 6) is -5.77. The Hall–Kier alpha value is -5.46. The highest BCUT2D eigenvalue weighted by Gasteiger charge is 2.35. The maximum Gasteiger partial charge on any atom is 0.256 e. The van der Waals surface area contributed by atoms with Gasteiger partial charge in [-0.05, 0) is 58.2 Å². The van der Waals surface area contributed by atoms with Crippen LogP contribution in [0, 0.1) is 25.7 Å². The van der Waals surface area contributed by atoms with Crippen LogP contribution in [-0.2, 0) is 19.2 Å². The molecule has 1 aromatic carbocycles. The molecule has 1 aromatic rings. The maximum atomic E-state index is 13.9. The molecule has 6 atom stereocenters. The van der Waals surface area contributed by atoms with Gasteiger partial charge in [-0.15, -0.1) is 0 Å². The number of nitrogens with zero attached hydrogens (tertiary/aromatic N) is 1. The van der Waals surface area contributed by atoms with Crippen molar-refractivity contribution in [3.8, 4) is 11.5 Å². The predicted molar refractivity (Wildman–Crippen MR) is 198 cm³/mol. The summed E-state index contributed by atoms with van der Waals surface area (Å²) < 4.78 is 6.12. The van der Waals surface area contributed by atoms with Gasteiger partial charge in [0.2, 0.25) is 23.2 Å². The molecule has 18 heteroatoms. The monoisotopic (exact) mass is 754 g/mol. The van der Waals surface area contributed by atoms with E-state index in [1.807, 2.05) is 0 Å². The van der Waals surface area contributed by atoms with E-state index in [9.17, 15) is 43.8 Å². The number of nitrogen functional groups attached to an aromatic ring is 1. The summed E-state index contributed by atoms with van der Waals surface area (Å²) in [5, 5.41) is 35.8. The number of aromatic nitrogens is 1. The van der Waals surface area contributed by atoms with E-state index in [0.29, 0.717) is 5.56 Å². The zero-order valence-electron chi connectivity index (χ0n) is 32.0. The first-order valence-electron chi connectivity index (χ1n) is 17.4. The highest BCUT2D eigenvalue weighted by Crippen LogP contribution is 2.34. The number of likely N-dealkylation sites (N-methyl/N-ethyl adjacent to an activating group) is 2. The molecular weight excluding hydrogens is 704 g/mol. The van der Waals surface area contributed by atoms with Crippen LogP contribution >= 0.6 is 0 Å². The molecule has 54 heavy (non-hydrogen) atoms. The first-order valence-corrected chi connectivity index (χ1v) is 17.4. The number of fused-ring (bicyclic) bond motifs is 2. The topological polar surface area (TPSA) is 284 Å². The van der Waals surface area contributed by atoms with Gasteiger partial charge < -0.3 is 46.9 Å². The number of aryl methyl sites for hydroxylation is 1. The third-order valence-corrected chi connectivity index (χ3v) is 8.98. The lowest BCUT2D eigenvalue weighted by Crippen LogP contribution is -2.58. The number of rotatable bonds is 14. The quantitative estimate of drug-likeness (QED) is 0.0723. The summed E-state index contributed by atoms with van der Waals surface area (Å²) in [6.45, 7) is 12.4. The highest BCUT2D eigenvalue weighted by molar-refractivity contribution is 6.10. The standard InChI is InChI=1S/C36H50N8O10/c1-13(2)22(38-9)34(51)44-36(53)25(18(8)46)43-32(49)20-21(37)28(47)16(6)30-27(20)40-26-19(12-11-15(5)29(26)54-30)31(48)42-24(17(7)45)35(52)41-23(14(3)4)33(50)39-10/h11-14,17-18,22-25,38,45-46H,37H2,1-10H3,(H,39,50)(H,41,52)(H,42,48)(H,43,49)(H,44,51,53). The van der Waals surface area contributed by atoms with Crippen LogP contribution in [0.2, 0.25) is 0 Å². The van der Waals surface area contributed by atoms with Gasteiger partial charge in [0, 0.05) is 12.6 Å². The first kappa shape index (κ1) is 42.9. The molecule has 6 amide bonds. The number of hydrogen-bond donors (Lipinski definition) is 9. The van der Waals surface area contributed by atoms with E-state index in [1.54, 1.807) is 34.6 Å². The van der Waals surface area contributed by atoms with Crippen molar-refractivity contribution in [2.75, 3.05) is 19.8 Å². The van der Waals surface area contributed by atoms with Crippen LogP contribution in [-0.4, -0.2) is 101 Å². The Morgan fingerprint density at radius 3 is 1.80 bits per heavy atom. The third kappa shape index (κ3) is 9.00. The van der Waals surface area contributed by atoms with Crippen molar-refractivity contribution in [3.05, 3.63) is 44.6 Å². The molecule has 0 fully saturated rings. The van der Waals surface area contributed by atoms with E-state index >= 15 is 0 Å². The zero-order valence-corrected chi connectivity index (χ0v) is 32.0. The first-order chi connectivity index (χ1) is 25.2. The molecule has 0 spiro atoms. The molecule has 0 saturated heterocycles. The summed E-state index contributed by atoms with van der Waals surface area (Å²) in [4.78, 5) is 97.1. The Bertz CT molecular complexity index is 1970. The van der Waals surface area contributed by atoms with Crippen LogP contribution in [0.3, 0.4) is 0 Å². The van der Waals surface area contributed by atoms with Gasteiger partial charge in [-0.3, -0.25) is 38.9 Å². The number of nitrogens with one attached hydrogen (secondary N) is 6. The number of hydrogen-bond acceptors (Lipinski definition) is 13. The Morgan fingerprint density at radius 1 is 0.741 bits per heavy atom. The predicted octanol–water partition coefficient (Wildman–Crippen LogP) is -0.776. The van der Waals surface area contributed by atoms with Crippen LogP contribution < -0.4 is 43.1 Å². The number of amides is 6. The summed E-state index contributed by atoms with van der Waals surface area (Å²) in [6.07, 6.45) is -2.94. The Kier molecular flexibility index (Phi) is 14.0. The van der Waals surface area contributed by atoms with Gasteiger partial charge in [0.1, 0.15) is 29.3 Å². The maximum absolute atomic E-state index is 13.9. The SMILES string of the molecule is CNC(=O)C(NC(=O)C(NC(=O)c1ccc(C)c2oc3c(C)c(=O)c(N)c(C(=O)NC(C(=O)NC(=O)C(NC)C(C)C)C(C)O)c-3nc12)C(C)O)C(C)C. The summed E-state index contributed by atoms with van der Waals surface area (Å²) >= 11 is 0. The zero-order chi connectivity index (χ0) is 40.9. The minimum atomic E-state index is -1.69. The van der Waals surface area contributed by atoms with Crippen molar-refractivity contribution >= 4 is 52.2 Å². The van der Waals surface area contributed by atoms with Crippen molar-refractivity contribution in [1.82, 2.24) is 36.9 Å². The van der Waals surface area contributed by atoms with Gasteiger partial charge in [-0.25, -0.2) is 4.98 Å². The van der Waals surface area contributed by atoms with Gasteiger partial charge in [0.15, 0.2) is 11.3 Å². The van der Waals surface area contributed by atoms with E-state index in [2.05, 4.69) is 36.9 Å². The summed E-state index contributed by atoms with van der Waals surface area (Å²) in [6, 6.07) is -2.06. The molecule has 0 bridgehead atoms. The second-order valence-electron chi connectivity index (χ2n) is 13.8. The van der Waals surface area contributed by atoms with Crippen molar-refractivity contribution in [3.63, 3.8) is 0 Å². The number of anilines is 1. The van der Waals surface area contributed by atoms with Gasteiger partial charge in [-0.2, -0.15) is 0 Å². The average Bonchev–Trinajstić information content (AvgIpc) is 3.09. The smallest absolute Gasteiger partial charge is 0.256 e. The molecule has 2 aliphatic rings. The molecule has 0 radical (unpaired) electrons. The molecular formula is C36H50N8O10. The Labute approximate surface area is 311 Å². The number of carbonyl (C=O) groups is 6. The molecule has 10 N–H and O–H groups in total. The van der Waals surface area contributed by atoms with E-state index < -0.39 is 88.5 Å². The van der Waals surface area contributed by atoms with Gasteiger partial charge in [0.05, 0.1) is 35.1 Å². The van der Waals surface area contributed by atoms with Crippen LogP contribution in [0.5, 0.6) is 0 Å². The summed E-state index contributed by atoms with van der Waals surface area (Å²) in [7, 11) is 2.94. The van der Waals surface area contributed by atoms with Gasteiger partial charge in [0.25, 0.3) is 17.7 Å². The van der Waals surface area contributed by atoms with Crippen LogP contribution in [0.25, 0.3) is 22.6 Å². The number of imide groups is 1. The van der Waals surface area contributed by atoms with Crippen LogP contribution in [0.15, 0.2) is 21.3 Å². The lowest BCUT2D eigenvalue weighted by molar-refractivity contribution is -0.134. The van der Waals surface area contributed by atoms with Crippen LogP contribution in [0.1, 0.15) is 73.4 Å². The molecule has 1 aliphatic heterocycles. The lowest BCUT2D eigenvalue weighted by atomic mass is 9.98. The largest absolute Gasteiger partial charge is 0.452 e. The van der Waals surface area contributed by atoms with Crippen molar-refractivity contribution in [1.29, 1.82) is 0 Å². The molecule has 1 heterocycles. The normalized spacial score (nSPS) is 14.9. The molecule has 6 unspecified atom stereocenters. The number of carbonyl (C=O) groups excluding carboxylic acids is 6. The summed E-state index contributed by atoms with van der Waals surface area (Å²) in [5.41, 5.74) is 4.22.